The molecule has 7 heteroatoms. The van der Waals surface area contributed by atoms with Crippen molar-refractivity contribution >= 4 is 17.3 Å². The molecule has 0 bridgehead atoms. The number of benzene rings is 1. The van der Waals surface area contributed by atoms with Gasteiger partial charge >= 0.3 is 5.97 Å². The van der Waals surface area contributed by atoms with E-state index in [1.807, 2.05) is 11.9 Å². The van der Waals surface area contributed by atoms with E-state index < -0.39 is 10.9 Å². The topological polar surface area (TPSA) is 86.9 Å². The van der Waals surface area contributed by atoms with Crippen molar-refractivity contribution in [1.29, 1.82) is 0 Å². The molecule has 21 heavy (non-hydrogen) atoms. The van der Waals surface area contributed by atoms with Crippen LogP contribution in [0.1, 0.15) is 23.2 Å². The number of aromatic carboxylic acids is 1. The summed E-state index contributed by atoms with van der Waals surface area (Å²) >= 11 is 0. The minimum Gasteiger partial charge on any atom is -0.478 e. The maximum Gasteiger partial charge on any atom is 0.335 e. The van der Waals surface area contributed by atoms with E-state index in [9.17, 15) is 14.9 Å². The van der Waals surface area contributed by atoms with Crippen LogP contribution < -0.4 is 4.90 Å². The molecule has 0 radical (unpaired) electrons. The van der Waals surface area contributed by atoms with Gasteiger partial charge in [0.25, 0.3) is 5.69 Å². The van der Waals surface area contributed by atoms with Crippen LogP contribution in [0.15, 0.2) is 18.2 Å². The number of carbonyl (C=O) groups is 1. The molecule has 1 N–H and O–H groups in total. The van der Waals surface area contributed by atoms with Gasteiger partial charge in [0.15, 0.2) is 0 Å². The Morgan fingerprint density at radius 2 is 2.24 bits per heavy atom. The van der Waals surface area contributed by atoms with Crippen LogP contribution in [-0.4, -0.2) is 54.1 Å². The molecule has 0 aromatic heterocycles. The molecule has 1 aromatic carbocycles. The van der Waals surface area contributed by atoms with Crippen molar-refractivity contribution in [2.45, 2.75) is 18.9 Å². The van der Waals surface area contributed by atoms with Gasteiger partial charge in [0.2, 0.25) is 0 Å². The predicted octanol–water partition coefficient (Wildman–Crippen LogP) is 1.82. The van der Waals surface area contributed by atoms with Gasteiger partial charge in [-0.05, 0) is 38.6 Å². The predicted molar refractivity (Wildman–Crippen MR) is 79.0 cm³/mol. The van der Waals surface area contributed by atoms with Crippen LogP contribution in [-0.2, 0) is 0 Å². The average Bonchev–Trinajstić information content (AvgIpc) is 2.45. The molecule has 1 fully saturated rings. The van der Waals surface area contributed by atoms with Gasteiger partial charge in [-0.25, -0.2) is 4.79 Å². The maximum atomic E-state index is 11.2. The van der Waals surface area contributed by atoms with Crippen LogP contribution in [0.25, 0.3) is 0 Å². The third-order valence-electron chi connectivity index (χ3n) is 3.95. The Bertz CT molecular complexity index is 561. The molecule has 1 unspecified atom stereocenters. The number of likely N-dealkylation sites (tertiary alicyclic amines) is 1. The van der Waals surface area contributed by atoms with E-state index in [1.54, 1.807) is 7.05 Å². The van der Waals surface area contributed by atoms with Crippen molar-refractivity contribution in [3.63, 3.8) is 0 Å². The lowest BCUT2D eigenvalue weighted by Gasteiger charge is -2.36. The molecule has 0 saturated carbocycles. The number of nitro benzene ring substituents is 1. The highest BCUT2D eigenvalue weighted by molar-refractivity contribution is 5.90. The van der Waals surface area contributed by atoms with Gasteiger partial charge in [0.05, 0.1) is 10.5 Å². The lowest BCUT2D eigenvalue weighted by molar-refractivity contribution is -0.384. The first kappa shape index (κ1) is 15.2. The summed E-state index contributed by atoms with van der Waals surface area (Å²) in [7, 11) is 3.81. The highest BCUT2D eigenvalue weighted by atomic mass is 16.6. The number of nitrogens with zero attached hydrogens (tertiary/aromatic N) is 3. The number of hydrogen-bond acceptors (Lipinski definition) is 5. The number of likely N-dealkylation sites (N-methyl/N-ethyl adjacent to an activating group) is 2. The Morgan fingerprint density at radius 1 is 1.52 bits per heavy atom. The highest BCUT2D eigenvalue weighted by Crippen LogP contribution is 2.31. The molecule has 1 aromatic rings. The Morgan fingerprint density at radius 3 is 2.81 bits per heavy atom. The summed E-state index contributed by atoms with van der Waals surface area (Å²) in [4.78, 5) is 25.8. The lowest BCUT2D eigenvalue weighted by atomic mass is 10.0. The summed E-state index contributed by atoms with van der Waals surface area (Å²) in [5, 5.41) is 20.3. The van der Waals surface area contributed by atoms with Crippen LogP contribution in [0.3, 0.4) is 0 Å². The summed E-state index contributed by atoms with van der Waals surface area (Å²) in [6.07, 6.45) is 1.97. The van der Waals surface area contributed by atoms with Crippen LogP contribution >= 0.6 is 0 Å². The van der Waals surface area contributed by atoms with Crippen molar-refractivity contribution in [3.05, 3.63) is 33.9 Å². The normalized spacial score (nSPS) is 19.2. The summed E-state index contributed by atoms with van der Waals surface area (Å²) < 4.78 is 0. The number of nitro groups is 1. The molecule has 114 valence electrons. The Kier molecular flexibility index (Phi) is 4.42. The molecule has 0 aliphatic carbocycles. The van der Waals surface area contributed by atoms with E-state index in [0.717, 1.165) is 25.9 Å². The molecule has 7 nitrogen and oxygen atoms in total. The van der Waals surface area contributed by atoms with Gasteiger partial charge in [0.1, 0.15) is 5.69 Å². The molecule has 0 spiro atoms. The van der Waals surface area contributed by atoms with E-state index in [2.05, 4.69) is 4.90 Å². The number of carboxylic acids is 1. The lowest BCUT2D eigenvalue weighted by Crippen LogP contribution is -2.45. The van der Waals surface area contributed by atoms with Crippen LogP contribution in [0, 0.1) is 10.1 Å². The van der Waals surface area contributed by atoms with Gasteiger partial charge in [-0.1, -0.05) is 0 Å². The number of piperidine rings is 1. The average molecular weight is 293 g/mol. The van der Waals surface area contributed by atoms with Gasteiger partial charge in [-0.3, -0.25) is 10.1 Å². The molecule has 1 aliphatic rings. The Balaban J connectivity index is 2.37. The zero-order valence-corrected chi connectivity index (χ0v) is 12.2. The fourth-order valence-corrected chi connectivity index (χ4v) is 2.75. The van der Waals surface area contributed by atoms with Crippen molar-refractivity contribution in [1.82, 2.24) is 4.90 Å². The second kappa shape index (κ2) is 6.09. The highest BCUT2D eigenvalue weighted by Gasteiger charge is 2.27. The monoisotopic (exact) mass is 293 g/mol. The maximum absolute atomic E-state index is 11.2. The largest absolute Gasteiger partial charge is 0.478 e. The van der Waals surface area contributed by atoms with Crippen LogP contribution in [0.2, 0.25) is 0 Å². The second-order valence-corrected chi connectivity index (χ2v) is 5.43. The molecule has 1 atom stereocenters. The molecule has 1 heterocycles. The van der Waals surface area contributed by atoms with Crippen molar-refractivity contribution < 1.29 is 14.8 Å². The molecule has 0 amide bonds. The number of carboxylic acid groups (broad SMARTS) is 1. The van der Waals surface area contributed by atoms with Gasteiger partial charge in [-0.15, -0.1) is 0 Å². The van der Waals surface area contributed by atoms with E-state index in [4.69, 9.17) is 5.11 Å². The first-order chi connectivity index (χ1) is 9.90. The van der Waals surface area contributed by atoms with Crippen LogP contribution in [0.5, 0.6) is 0 Å². The quantitative estimate of drug-likeness (QED) is 0.673. The summed E-state index contributed by atoms with van der Waals surface area (Å²) in [5.74, 6) is -1.08. The summed E-state index contributed by atoms with van der Waals surface area (Å²) in [5.41, 5.74) is 0.363. The van der Waals surface area contributed by atoms with E-state index in [0.29, 0.717) is 5.69 Å². The minimum atomic E-state index is -1.08. The molecule has 1 saturated heterocycles. The molecule has 2 rings (SSSR count). The van der Waals surface area contributed by atoms with Gasteiger partial charge in [-0.2, -0.15) is 0 Å². The number of anilines is 1. The van der Waals surface area contributed by atoms with Crippen LogP contribution in [0.4, 0.5) is 11.4 Å². The zero-order valence-electron chi connectivity index (χ0n) is 12.2. The van der Waals surface area contributed by atoms with Crippen molar-refractivity contribution in [2.75, 3.05) is 32.1 Å². The first-order valence-corrected chi connectivity index (χ1v) is 6.83. The second-order valence-electron chi connectivity index (χ2n) is 5.43. The number of rotatable bonds is 4. The Hall–Kier alpha value is -2.15. The van der Waals surface area contributed by atoms with Gasteiger partial charge < -0.3 is 14.9 Å². The SMILES string of the molecule is CN1CCCC(N(C)c2cc(C(=O)O)ccc2[N+](=O)[O-])C1. The smallest absolute Gasteiger partial charge is 0.335 e. The summed E-state index contributed by atoms with van der Waals surface area (Å²) in [6.45, 7) is 1.83. The third-order valence-corrected chi connectivity index (χ3v) is 3.95. The number of hydrogen-bond donors (Lipinski definition) is 1. The first-order valence-electron chi connectivity index (χ1n) is 6.83. The van der Waals surface area contributed by atoms with Gasteiger partial charge in [0, 0.05) is 25.7 Å². The van der Waals surface area contributed by atoms with Crippen molar-refractivity contribution in [3.8, 4) is 0 Å². The standard InChI is InChI=1S/C14H19N3O4/c1-15-7-3-4-11(9-15)16(2)13-8-10(14(18)19)5-6-12(13)17(20)21/h5-6,8,11H,3-4,7,9H2,1-2H3,(H,18,19). The molecular formula is C14H19N3O4. The molecule has 1 aliphatic heterocycles. The van der Waals surface area contributed by atoms with E-state index in [1.165, 1.54) is 18.2 Å². The Labute approximate surface area is 122 Å². The third kappa shape index (κ3) is 3.30. The minimum absolute atomic E-state index is 0.0595. The fraction of sp³-hybridized carbons (Fsp3) is 0.500. The zero-order chi connectivity index (χ0) is 15.6. The van der Waals surface area contributed by atoms with E-state index in [-0.39, 0.29) is 17.3 Å². The fourth-order valence-electron chi connectivity index (χ4n) is 2.75. The van der Waals surface area contributed by atoms with E-state index >= 15 is 0 Å². The van der Waals surface area contributed by atoms with Crippen molar-refractivity contribution in [2.24, 2.45) is 0 Å². The molecular weight excluding hydrogens is 274 g/mol. The summed E-state index contributed by atoms with van der Waals surface area (Å²) in [6, 6.07) is 4.06.